The molecular weight excluding hydrogens is 212 g/mol. The molecule has 0 atom stereocenters. The van der Waals surface area contributed by atoms with Crippen LogP contribution in [0.2, 0.25) is 0 Å². The van der Waals surface area contributed by atoms with E-state index in [2.05, 4.69) is 0 Å². The van der Waals surface area contributed by atoms with Crippen LogP contribution < -0.4 is 0 Å². The summed E-state index contributed by atoms with van der Waals surface area (Å²) in [6, 6.07) is 0. The van der Waals surface area contributed by atoms with Gasteiger partial charge in [0.25, 0.3) is 0 Å². The van der Waals surface area contributed by atoms with Crippen molar-refractivity contribution in [2.24, 2.45) is 0 Å². The Morgan fingerprint density at radius 2 is 2.25 bits per heavy atom. The highest BCUT2D eigenvalue weighted by molar-refractivity contribution is 5.93. The fraction of sp³-hybridized carbons (Fsp3) is 0.500. The molecular formula is C10H12N2O4. The lowest BCUT2D eigenvalue weighted by Gasteiger charge is -2.28. The Bertz CT molecular complexity index is 386. The van der Waals surface area contributed by atoms with E-state index in [-0.39, 0.29) is 5.70 Å². The molecule has 6 heteroatoms. The number of hydrogen-bond donors (Lipinski definition) is 0. The van der Waals surface area contributed by atoms with Gasteiger partial charge in [0.05, 0.1) is 18.1 Å². The van der Waals surface area contributed by atoms with Crippen molar-refractivity contribution in [1.29, 1.82) is 0 Å². The van der Waals surface area contributed by atoms with Gasteiger partial charge in [-0.1, -0.05) is 0 Å². The molecule has 2 heterocycles. The van der Waals surface area contributed by atoms with Crippen molar-refractivity contribution in [3.05, 3.63) is 33.7 Å². The Morgan fingerprint density at radius 1 is 1.44 bits per heavy atom. The largest absolute Gasteiger partial charge is 0.377 e. The number of carbonyl (C=O) groups is 1. The number of rotatable bonds is 2. The van der Waals surface area contributed by atoms with Crippen LogP contribution in [0, 0.1) is 10.1 Å². The van der Waals surface area contributed by atoms with Gasteiger partial charge in [-0.25, -0.2) is 0 Å². The summed E-state index contributed by atoms with van der Waals surface area (Å²) in [6.07, 6.45) is 4.36. The zero-order valence-electron chi connectivity index (χ0n) is 8.72. The summed E-state index contributed by atoms with van der Waals surface area (Å²) in [6.45, 7) is 1.55. The van der Waals surface area contributed by atoms with Crippen molar-refractivity contribution in [1.82, 2.24) is 4.90 Å². The van der Waals surface area contributed by atoms with Gasteiger partial charge in [0.15, 0.2) is 0 Å². The lowest BCUT2D eigenvalue weighted by Crippen LogP contribution is -2.38. The molecule has 16 heavy (non-hydrogen) atoms. The normalized spacial score (nSPS) is 21.5. The minimum absolute atomic E-state index is 0.321. The maximum atomic E-state index is 11.8. The molecule has 0 radical (unpaired) electrons. The molecule has 6 nitrogen and oxygen atoms in total. The molecule has 0 aromatic heterocycles. The van der Waals surface area contributed by atoms with E-state index in [1.54, 1.807) is 0 Å². The number of carbonyl (C=O) groups excluding carboxylic acids is 1. The van der Waals surface area contributed by atoms with Gasteiger partial charge in [0.2, 0.25) is 0 Å². The second-order valence-corrected chi connectivity index (χ2v) is 3.61. The molecule has 86 valence electrons. The van der Waals surface area contributed by atoms with E-state index in [1.807, 2.05) is 6.08 Å². The van der Waals surface area contributed by atoms with Gasteiger partial charge in [-0.3, -0.25) is 14.9 Å². The Kier molecular flexibility index (Phi) is 3.00. The van der Waals surface area contributed by atoms with Crippen molar-refractivity contribution in [3.8, 4) is 0 Å². The maximum Gasteiger partial charge on any atom is 0.330 e. The van der Waals surface area contributed by atoms with Crippen molar-refractivity contribution < 1.29 is 14.5 Å². The molecule has 0 N–H and O–H groups in total. The maximum absolute atomic E-state index is 11.8. The fourth-order valence-corrected chi connectivity index (χ4v) is 1.85. The molecule has 0 fully saturated rings. The predicted molar refractivity (Wildman–Crippen MR) is 54.9 cm³/mol. The first kappa shape index (κ1) is 10.8. The molecule has 0 saturated heterocycles. The first-order chi connectivity index (χ1) is 7.70. The molecule has 0 aliphatic carbocycles. The second-order valence-electron chi connectivity index (χ2n) is 3.61. The average molecular weight is 224 g/mol. The third kappa shape index (κ3) is 1.96. The smallest absolute Gasteiger partial charge is 0.330 e. The first-order valence-corrected chi connectivity index (χ1v) is 5.13. The number of ether oxygens (including phenoxy) is 1. The predicted octanol–water partition coefficient (Wildman–Crippen LogP) is 0.683. The molecule has 0 bridgehead atoms. The lowest BCUT2D eigenvalue weighted by atomic mass is 10.1. The van der Waals surface area contributed by atoms with Crippen molar-refractivity contribution in [3.63, 3.8) is 0 Å². The molecule has 2 aliphatic heterocycles. The third-order valence-electron chi connectivity index (χ3n) is 2.64. The minimum Gasteiger partial charge on any atom is -0.377 e. The third-order valence-corrected chi connectivity index (χ3v) is 2.64. The van der Waals surface area contributed by atoms with Gasteiger partial charge in [-0.05, 0) is 12.5 Å². The van der Waals surface area contributed by atoms with Crippen LogP contribution in [0.25, 0.3) is 0 Å². The average Bonchev–Trinajstić information content (AvgIpc) is 2.30. The Balaban J connectivity index is 2.19. The van der Waals surface area contributed by atoms with Gasteiger partial charge in [0.1, 0.15) is 0 Å². The summed E-state index contributed by atoms with van der Waals surface area (Å²) in [5.41, 5.74) is 0.516. The Labute approximate surface area is 92.3 Å². The monoisotopic (exact) mass is 224 g/mol. The highest BCUT2D eigenvalue weighted by Crippen LogP contribution is 2.20. The van der Waals surface area contributed by atoms with E-state index >= 15 is 0 Å². The van der Waals surface area contributed by atoms with E-state index in [0.29, 0.717) is 32.6 Å². The quantitative estimate of drug-likeness (QED) is 0.510. The summed E-state index contributed by atoms with van der Waals surface area (Å²) >= 11 is 0. The van der Waals surface area contributed by atoms with Crippen LogP contribution in [0.4, 0.5) is 0 Å². The van der Waals surface area contributed by atoms with Crippen molar-refractivity contribution in [2.45, 2.75) is 12.8 Å². The fourth-order valence-electron chi connectivity index (χ4n) is 1.85. The van der Waals surface area contributed by atoms with E-state index in [9.17, 15) is 14.9 Å². The van der Waals surface area contributed by atoms with Crippen LogP contribution >= 0.6 is 0 Å². The highest BCUT2D eigenvalue weighted by Gasteiger charge is 2.32. The van der Waals surface area contributed by atoms with Gasteiger partial charge in [-0.15, -0.1) is 0 Å². The van der Waals surface area contributed by atoms with Gasteiger partial charge >= 0.3 is 11.6 Å². The summed E-state index contributed by atoms with van der Waals surface area (Å²) < 4.78 is 5.14. The van der Waals surface area contributed by atoms with Crippen LogP contribution in [0.5, 0.6) is 0 Å². The van der Waals surface area contributed by atoms with E-state index in [1.165, 1.54) is 11.0 Å². The zero-order chi connectivity index (χ0) is 11.5. The standard InChI is InChI=1S/C10H12N2O4/c13-10-9(12(14)15)2-1-5-11(10)8-3-6-16-7-4-8/h2-3H,1,4-7H2. The van der Waals surface area contributed by atoms with Crippen LogP contribution in [-0.2, 0) is 9.53 Å². The summed E-state index contributed by atoms with van der Waals surface area (Å²) in [5, 5.41) is 10.6. The number of amides is 1. The van der Waals surface area contributed by atoms with E-state index in [4.69, 9.17) is 4.74 Å². The van der Waals surface area contributed by atoms with Crippen molar-refractivity contribution in [2.75, 3.05) is 19.8 Å². The lowest BCUT2D eigenvalue weighted by molar-refractivity contribution is -0.420. The van der Waals surface area contributed by atoms with Crippen LogP contribution in [0.15, 0.2) is 23.5 Å². The Hall–Kier alpha value is -1.69. The molecule has 2 rings (SSSR count). The SMILES string of the molecule is O=C1C([N+](=O)[O-])=CCCN1C1=CCOCC1. The first-order valence-electron chi connectivity index (χ1n) is 5.13. The summed E-state index contributed by atoms with van der Waals surface area (Å²) in [4.78, 5) is 23.3. The van der Waals surface area contributed by atoms with Crippen LogP contribution in [0.3, 0.4) is 0 Å². The van der Waals surface area contributed by atoms with Crippen LogP contribution in [0.1, 0.15) is 12.8 Å². The Morgan fingerprint density at radius 3 is 2.88 bits per heavy atom. The summed E-state index contributed by atoms with van der Waals surface area (Å²) in [7, 11) is 0. The second kappa shape index (κ2) is 4.44. The molecule has 0 unspecified atom stereocenters. The molecule has 2 aliphatic rings. The number of nitrogens with zero attached hydrogens (tertiary/aromatic N) is 2. The van der Waals surface area contributed by atoms with Gasteiger partial charge < -0.3 is 9.64 Å². The van der Waals surface area contributed by atoms with E-state index in [0.717, 1.165) is 5.70 Å². The van der Waals surface area contributed by atoms with Crippen LogP contribution in [-0.4, -0.2) is 35.5 Å². The molecule has 1 amide bonds. The zero-order valence-corrected chi connectivity index (χ0v) is 8.72. The highest BCUT2D eigenvalue weighted by atomic mass is 16.6. The summed E-state index contributed by atoms with van der Waals surface area (Å²) in [5.74, 6) is -0.510. The molecule has 0 spiro atoms. The van der Waals surface area contributed by atoms with E-state index < -0.39 is 10.8 Å². The molecule has 0 saturated carbocycles. The minimum atomic E-state index is -0.617. The van der Waals surface area contributed by atoms with Gasteiger partial charge in [-0.2, -0.15) is 0 Å². The molecule has 0 aromatic carbocycles. The van der Waals surface area contributed by atoms with Crippen molar-refractivity contribution >= 4 is 5.91 Å². The molecule has 0 aromatic rings. The number of hydrogen-bond acceptors (Lipinski definition) is 4. The van der Waals surface area contributed by atoms with Gasteiger partial charge in [0, 0.05) is 24.7 Å². The topological polar surface area (TPSA) is 72.7 Å². The number of nitro groups is 1.